The molecule has 1 saturated carbocycles. The van der Waals surface area contributed by atoms with Crippen LogP contribution in [0.3, 0.4) is 0 Å². The van der Waals surface area contributed by atoms with Gasteiger partial charge < -0.3 is 19.3 Å². The van der Waals surface area contributed by atoms with E-state index in [1.165, 1.54) is 12.1 Å². The third-order valence-corrected chi connectivity index (χ3v) is 5.81. The largest absolute Gasteiger partial charge is 0.522 e. The molecule has 1 saturated heterocycles. The summed E-state index contributed by atoms with van der Waals surface area (Å²) in [7, 11) is 0. The minimum atomic E-state index is -4.66. The van der Waals surface area contributed by atoms with Crippen LogP contribution < -0.4 is 5.32 Å². The molecular formula is C21H21ClF4N2O5. The van der Waals surface area contributed by atoms with Gasteiger partial charge in [-0.1, -0.05) is 22.8 Å². The van der Waals surface area contributed by atoms with Crippen LogP contribution in [0.5, 0.6) is 0 Å². The molecule has 2 atom stereocenters. The zero-order valence-corrected chi connectivity index (χ0v) is 18.0. The highest BCUT2D eigenvalue weighted by Crippen LogP contribution is 2.33. The molecule has 180 valence electrons. The number of hydrogen-bond acceptors (Lipinski definition) is 6. The normalized spacial score (nSPS) is 25.5. The lowest BCUT2D eigenvalue weighted by Crippen LogP contribution is -2.45. The van der Waals surface area contributed by atoms with Crippen LogP contribution in [0.25, 0.3) is 11.3 Å². The summed E-state index contributed by atoms with van der Waals surface area (Å²) in [6.07, 6.45) is -4.98. The third kappa shape index (κ3) is 6.44. The molecule has 1 amide bonds. The predicted molar refractivity (Wildman–Crippen MR) is 107 cm³/mol. The summed E-state index contributed by atoms with van der Waals surface area (Å²) in [5.41, 5.74) is 0.978. The highest BCUT2D eigenvalue weighted by Gasteiger charge is 2.40. The van der Waals surface area contributed by atoms with Gasteiger partial charge >= 0.3 is 6.36 Å². The van der Waals surface area contributed by atoms with Crippen molar-refractivity contribution in [3.8, 4) is 11.3 Å². The van der Waals surface area contributed by atoms with Gasteiger partial charge in [-0.25, -0.2) is 4.39 Å². The van der Waals surface area contributed by atoms with Crippen molar-refractivity contribution >= 4 is 17.5 Å². The lowest BCUT2D eigenvalue weighted by atomic mass is 9.92. The molecule has 1 aromatic heterocycles. The van der Waals surface area contributed by atoms with Crippen molar-refractivity contribution in [2.75, 3.05) is 13.2 Å². The van der Waals surface area contributed by atoms with Crippen LogP contribution in [-0.4, -0.2) is 48.9 Å². The van der Waals surface area contributed by atoms with Crippen molar-refractivity contribution in [3.05, 3.63) is 40.9 Å². The predicted octanol–water partition coefficient (Wildman–Crippen LogP) is 4.55. The molecule has 0 bridgehead atoms. The highest BCUT2D eigenvalue weighted by atomic mass is 35.5. The fourth-order valence-electron chi connectivity index (χ4n) is 3.72. The van der Waals surface area contributed by atoms with E-state index in [9.17, 15) is 22.4 Å². The van der Waals surface area contributed by atoms with Gasteiger partial charge in [0.15, 0.2) is 5.76 Å². The van der Waals surface area contributed by atoms with Crippen LogP contribution in [0, 0.1) is 5.82 Å². The lowest BCUT2D eigenvalue weighted by Gasteiger charge is -2.35. The van der Waals surface area contributed by atoms with Crippen molar-refractivity contribution in [2.24, 2.45) is 0 Å². The molecule has 2 heterocycles. The minimum Gasteiger partial charge on any atom is -0.368 e. The standard InChI is InChI=1S/C21H21ClF4N2O5/c22-15-3-1-11(5-16(15)23)17-8-19(33-28-17)18-4-2-12(9-31-18)27-20(29)10-30-13-6-14(7-13)32-21(24,25)26/h1,3,5,8,12-14,18H,2,4,6-7,9-10H2,(H,27,29)/t12-,13?,14?,18+/m1/s1. The molecule has 1 aromatic carbocycles. The summed E-state index contributed by atoms with van der Waals surface area (Å²) < 4.78 is 70.3. The van der Waals surface area contributed by atoms with Crippen LogP contribution in [-0.2, 0) is 19.0 Å². The number of ether oxygens (including phenoxy) is 3. The quantitative estimate of drug-likeness (QED) is 0.571. The van der Waals surface area contributed by atoms with Crippen molar-refractivity contribution in [1.29, 1.82) is 0 Å². The summed E-state index contributed by atoms with van der Waals surface area (Å²) in [5.74, 6) is -0.426. The summed E-state index contributed by atoms with van der Waals surface area (Å²) >= 11 is 5.70. The summed E-state index contributed by atoms with van der Waals surface area (Å²) in [5, 5.41) is 6.76. The van der Waals surface area contributed by atoms with E-state index in [0.29, 0.717) is 29.9 Å². The van der Waals surface area contributed by atoms with Crippen LogP contribution in [0.15, 0.2) is 28.8 Å². The number of halogens is 5. The average Bonchev–Trinajstić information content (AvgIpc) is 3.21. The van der Waals surface area contributed by atoms with Crippen molar-refractivity contribution < 1.29 is 41.1 Å². The third-order valence-electron chi connectivity index (χ3n) is 5.50. The van der Waals surface area contributed by atoms with Gasteiger partial charge in [-0.05, 0) is 25.0 Å². The maximum absolute atomic E-state index is 13.7. The molecule has 7 nitrogen and oxygen atoms in total. The molecule has 2 fully saturated rings. The Labute approximate surface area is 191 Å². The van der Waals surface area contributed by atoms with Crippen molar-refractivity contribution in [1.82, 2.24) is 10.5 Å². The number of nitrogens with one attached hydrogen (secondary N) is 1. The zero-order valence-electron chi connectivity index (χ0n) is 17.2. The van der Waals surface area contributed by atoms with E-state index >= 15 is 0 Å². The Balaban J connectivity index is 1.17. The van der Waals surface area contributed by atoms with Crippen LogP contribution in [0.4, 0.5) is 17.6 Å². The Morgan fingerprint density at radius 1 is 1.21 bits per heavy atom. The number of hydrogen-bond donors (Lipinski definition) is 1. The van der Waals surface area contributed by atoms with Gasteiger partial charge in [0.25, 0.3) is 0 Å². The second-order valence-electron chi connectivity index (χ2n) is 8.00. The zero-order chi connectivity index (χ0) is 23.6. The average molecular weight is 493 g/mol. The first-order chi connectivity index (χ1) is 15.7. The molecule has 12 heteroatoms. The Kier molecular flexibility index (Phi) is 7.22. The van der Waals surface area contributed by atoms with E-state index in [1.807, 2.05) is 0 Å². The molecule has 33 heavy (non-hydrogen) atoms. The molecule has 4 rings (SSSR count). The summed E-state index contributed by atoms with van der Waals surface area (Å²) in [4.78, 5) is 12.1. The fraction of sp³-hybridized carbons (Fsp3) is 0.524. The van der Waals surface area contributed by atoms with E-state index in [2.05, 4.69) is 15.2 Å². The molecule has 0 unspecified atom stereocenters. The Hall–Kier alpha value is -2.21. The minimum absolute atomic E-state index is 0.0175. The molecule has 0 spiro atoms. The van der Waals surface area contributed by atoms with Gasteiger partial charge in [-0.2, -0.15) is 0 Å². The monoisotopic (exact) mass is 492 g/mol. The molecular weight excluding hydrogens is 472 g/mol. The van der Waals surface area contributed by atoms with E-state index in [0.717, 1.165) is 0 Å². The number of carbonyl (C=O) groups excluding carboxylic acids is 1. The second kappa shape index (κ2) is 9.96. The van der Waals surface area contributed by atoms with Crippen molar-refractivity contribution in [2.45, 2.75) is 56.4 Å². The molecule has 0 radical (unpaired) electrons. The van der Waals surface area contributed by atoms with Gasteiger partial charge in [0.05, 0.1) is 29.9 Å². The van der Waals surface area contributed by atoms with E-state index < -0.39 is 24.4 Å². The van der Waals surface area contributed by atoms with Gasteiger partial charge in [-0.3, -0.25) is 9.53 Å². The number of carbonyl (C=O) groups is 1. The Morgan fingerprint density at radius 3 is 2.67 bits per heavy atom. The number of aromatic nitrogens is 1. The summed E-state index contributed by atoms with van der Waals surface area (Å²) in [6.45, 7) is -0.000608. The summed E-state index contributed by atoms with van der Waals surface area (Å²) in [6, 6.07) is 5.79. The molecule has 1 aliphatic carbocycles. The first-order valence-corrected chi connectivity index (χ1v) is 10.7. The smallest absolute Gasteiger partial charge is 0.368 e. The van der Waals surface area contributed by atoms with Gasteiger partial charge in [0, 0.05) is 24.5 Å². The number of nitrogens with zero attached hydrogens (tertiary/aromatic N) is 1. The fourth-order valence-corrected chi connectivity index (χ4v) is 3.84. The molecule has 1 N–H and O–H groups in total. The maximum atomic E-state index is 13.7. The highest BCUT2D eigenvalue weighted by molar-refractivity contribution is 6.30. The maximum Gasteiger partial charge on any atom is 0.522 e. The van der Waals surface area contributed by atoms with E-state index in [1.54, 1.807) is 12.1 Å². The first kappa shape index (κ1) is 23.9. The van der Waals surface area contributed by atoms with Crippen LogP contribution in [0.1, 0.15) is 37.5 Å². The topological polar surface area (TPSA) is 82.8 Å². The second-order valence-corrected chi connectivity index (χ2v) is 8.40. The van der Waals surface area contributed by atoms with Crippen LogP contribution in [0.2, 0.25) is 5.02 Å². The molecule has 2 aliphatic rings. The lowest BCUT2D eigenvalue weighted by molar-refractivity contribution is -0.357. The SMILES string of the molecule is O=C(COC1CC(OC(F)(F)F)C1)N[C@@H]1CC[C@@H](c2cc(-c3ccc(Cl)c(F)c3)no2)OC1. The first-order valence-electron chi connectivity index (χ1n) is 10.4. The number of amides is 1. The van der Waals surface area contributed by atoms with Crippen LogP contribution >= 0.6 is 11.6 Å². The molecule has 2 aromatic rings. The molecule has 1 aliphatic heterocycles. The number of alkyl halides is 3. The number of benzene rings is 1. The van der Waals surface area contributed by atoms with Gasteiger partial charge in [-0.15, -0.1) is 13.2 Å². The van der Waals surface area contributed by atoms with Crippen molar-refractivity contribution in [3.63, 3.8) is 0 Å². The number of rotatable bonds is 7. The van der Waals surface area contributed by atoms with Gasteiger partial charge in [0.1, 0.15) is 24.2 Å². The Bertz CT molecular complexity index is 972. The van der Waals surface area contributed by atoms with Gasteiger partial charge in [0.2, 0.25) is 5.91 Å². The Morgan fingerprint density at radius 2 is 2.00 bits per heavy atom. The van der Waals surface area contributed by atoms with E-state index in [-0.39, 0.29) is 49.1 Å². The van der Waals surface area contributed by atoms with E-state index in [4.69, 9.17) is 25.6 Å².